The van der Waals surface area contributed by atoms with Gasteiger partial charge < -0.3 is 0 Å². The molecule has 4 nitrogen and oxygen atoms in total. The summed E-state index contributed by atoms with van der Waals surface area (Å²) in [5.74, 6) is 0. The summed E-state index contributed by atoms with van der Waals surface area (Å²) in [7, 11) is 0. The first-order valence-electron chi connectivity index (χ1n) is 0.537. The van der Waals surface area contributed by atoms with E-state index in [1.165, 1.54) is 0 Å². The molecule has 0 aromatic rings. The summed E-state index contributed by atoms with van der Waals surface area (Å²) in [5, 5.41) is 8.38. The molecular weight excluding hydrogens is 257 g/mol. The molecule has 5 heavy (non-hydrogen) atoms. The Morgan fingerprint density at radius 1 is 1.60 bits per heavy atom. The van der Waals surface area contributed by atoms with Gasteiger partial charge in [-0.25, -0.2) is 0 Å². The van der Waals surface area contributed by atoms with Gasteiger partial charge in [0.25, 0.3) is 0 Å². The molecule has 0 saturated carbocycles. The second-order valence-corrected chi connectivity index (χ2v) is 0.0833. The van der Waals surface area contributed by atoms with Crippen molar-refractivity contribution >= 4 is 0 Å². The van der Waals surface area contributed by atoms with Crippen molar-refractivity contribution in [2.45, 2.75) is 0 Å². The fourth-order valence-corrected chi connectivity index (χ4v) is 0. The molecule has 0 aliphatic carbocycles. The Balaban J connectivity index is 0. The Morgan fingerprint density at radius 3 is 1.60 bits per heavy atom. The third-order valence-electron chi connectivity index (χ3n) is 0. The van der Waals surface area contributed by atoms with Gasteiger partial charge in [-0.3, -0.25) is 10.1 Å². The first-order chi connectivity index (χ1) is 2.41. The Morgan fingerprint density at radius 2 is 1.60 bits per heavy atom. The molecule has 0 atom stereocenters. The average Bonchev–Trinajstić information content (AvgIpc) is 1.46. The zero-order valence-corrected chi connectivity index (χ0v) is 4.31. The quantitative estimate of drug-likeness (QED) is 0.412. The van der Waals surface area contributed by atoms with Gasteiger partial charge in [-0.2, -0.15) is 0 Å². The number of rotatable bonds is 0. The fourth-order valence-electron chi connectivity index (χ4n) is 0. The minimum atomic E-state index is 0.250. The van der Waals surface area contributed by atoms with Gasteiger partial charge in [0.05, 0.1) is 0 Å². The molecule has 5 heteroatoms. The van der Waals surface area contributed by atoms with Gasteiger partial charge in [-0.1, -0.05) is 0 Å². The predicted molar refractivity (Wildman–Crippen MR) is 8.38 cm³/mol. The number of nitrogens with one attached hydrogen (secondary N) is 1. The molecule has 0 amide bonds. The molecule has 0 aromatic heterocycles. The molecule has 0 bridgehead atoms. The summed E-state index contributed by atoms with van der Waals surface area (Å²) in [4.78, 5) is 8.12. The summed E-state index contributed by atoms with van der Waals surface area (Å²) in [6, 6.07) is 0. The van der Waals surface area contributed by atoms with Crippen LogP contribution >= 0.6 is 0 Å². The van der Waals surface area contributed by atoms with E-state index in [0.29, 0.717) is 0 Å². The van der Waals surface area contributed by atoms with Crippen molar-refractivity contribution < 1.29 is 28.5 Å². The van der Waals surface area contributed by atoms with Crippen molar-refractivity contribution in [3.63, 3.8) is 0 Å². The minimum absolute atomic E-state index is 0.250. The van der Waals surface area contributed by atoms with E-state index in [0.717, 1.165) is 19.8 Å². The van der Waals surface area contributed by atoms with Crippen LogP contribution in [0.1, 0.15) is 0 Å². The summed E-state index contributed by atoms with van der Waals surface area (Å²) in [6.45, 7) is 0. The molecule has 0 aliphatic rings. The molecular formula is HNO3Pt. The molecule has 34 valence electrons. The van der Waals surface area contributed by atoms with Crippen LogP contribution in [0.3, 0.4) is 0 Å². The number of hydrogen-bond acceptors (Lipinski definition) is 3. The van der Waals surface area contributed by atoms with Crippen molar-refractivity contribution in [2.24, 2.45) is 0 Å². The van der Waals surface area contributed by atoms with Gasteiger partial charge in [0, 0.05) is 5.34 Å². The van der Waals surface area contributed by atoms with Crippen molar-refractivity contribution in [1.82, 2.24) is 0 Å². The summed E-state index contributed by atoms with van der Waals surface area (Å²) >= 11 is 0.889. The molecule has 0 aliphatic heterocycles. The normalized spacial score (nSPS) is 3.60. The molecule has 0 rings (SSSR count). The Bertz CT molecular complexity index is 20.9. The first kappa shape index (κ1) is 8.86. The van der Waals surface area contributed by atoms with Crippen LogP contribution in [0.25, 0.3) is 0 Å². The van der Waals surface area contributed by atoms with Gasteiger partial charge in [-0.15, -0.1) is 0 Å². The molecule has 0 spiro atoms. The van der Waals surface area contributed by atoms with Crippen LogP contribution < -0.4 is 5.34 Å². The summed E-state index contributed by atoms with van der Waals surface area (Å²) in [5.41, 5.74) is 0. The van der Waals surface area contributed by atoms with Crippen molar-refractivity contribution in [2.75, 3.05) is 0 Å². The van der Waals surface area contributed by atoms with Crippen LogP contribution in [0.4, 0.5) is 0 Å². The van der Waals surface area contributed by atoms with E-state index in [1.54, 1.807) is 0 Å². The van der Waals surface area contributed by atoms with Gasteiger partial charge in [0.2, 0.25) is 0 Å². The monoisotopic (exact) mass is 258 g/mol. The number of hydrogen-bond donors (Lipinski definition) is 1. The average molecular weight is 258 g/mol. The van der Waals surface area contributed by atoms with Crippen LogP contribution in [-0.2, 0) is 23.2 Å². The van der Waals surface area contributed by atoms with E-state index in [9.17, 15) is 0 Å². The third kappa shape index (κ3) is 1110. The zero-order chi connectivity index (χ0) is 4.71. The van der Waals surface area contributed by atoms with Crippen LogP contribution in [0.2, 0.25) is 0 Å². The van der Waals surface area contributed by atoms with Gasteiger partial charge >= 0.3 is 23.2 Å². The molecule has 0 aromatic carbocycles. The van der Waals surface area contributed by atoms with E-state index >= 15 is 0 Å². The predicted octanol–water partition coefficient (Wildman–Crippen LogP) is -1.79. The second-order valence-electron chi connectivity index (χ2n) is 0.0833. The van der Waals surface area contributed by atoms with Gasteiger partial charge in [0.1, 0.15) is 0 Å². The Kier molecular flexibility index (Phi) is 72.8. The van der Waals surface area contributed by atoms with E-state index < -0.39 is 0 Å². The van der Waals surface area contributed by atoms with Gasteiger partial charge in [0.15, 0.2) is 0 Å². The summed E-state index contributed by atoms with van der Waals surface area (Å²) in [6.07, 6.45) is 0. The third-order valence-corrected chi connectivity index (χ3v) is 0. The van der Waals surface area contributed by atoms with E-state index in [4.69, 9.17) is 13.5 Å². The molecule has 0 radical (unpaired) electrons. The summed E-state index contributed by atoms with van der Waals surface area (Å²) < 4.78 is 8.22. The first-order valence-corrected chi connectivity index (χ1v) is 1.46. The van der Waals surface area contributed by atoms with Crippen molar-refractivity contribution in [3.8, 4) is 0 Å². The van der Waals surface area contributed by atoms with E-state index in [2.05, 4.69) is 0 Å². The van der Waals surface area contributed by atoms with Crippen LogP contribution in [-0.4, -0.2) is 0 Å². The van der Waals surface area contributed by atoms with E-state index in [-0.39, 0.29) is 5.34 Å². The zero-order valence-electron chi connectivity index (χ0n) is 2.04. The molecule has 0 fully saturated rings. The molecule has 0 heterocycles. The van der Waals surface area contributed by atoms with Crippen molar-refractivity contribution in [3.05, 3.63) is 10.1 Å². The van der Waals surface area contributed by atoms with E-state index in [1.807, 2.05) is 0 Å². The Labute approximate surface area is 39.3 Å². The maximum absolute atomic E-state index is 8.22. The molecule has 1 N–H and O–H groups in total. The fraction of sp³-hybridized carbons (Fsp3) is 0. The van der Waals surface area contributed by atoms with Gasteiger partial charge in [-0.05, 0) is 0 Å². The van der Waals surface area contributed by atoms with Crippen LogP contribution in [0.5, 0.6) is 0 Å². The second kappa shape index (κ2) is 41.1. The SMILES string of the molecule is O=[NH+][O-].[O]=[Pt]. The maximum atomic E-state index is 8.22. The molecule has 0 saturated heterocycles. The standard InChI is InChI=1S/HNO2.O.Pt/c2-1-3;;/h1H;;. The topological polar surface area (TPSA) is 71.2 Å². The van der Waals surface area contributed by atoms with Crippen LogP contribution in [0, 0.1) is 10.1 Å². The van der Waals surface area contributed by atoms with Crippen molar-refractivity contribution in [1.29, 1.82) is 0 Å². The Hall–Kier alpha value is -0.112. The molecule has 0 unspecified atom stereocenters. The van der Waals surface area contributed by atoms with Crippen LogP contribution in [0.15, 0.2) is 0 Å².